The highest BCUT2D eigenvalue weighted by Gasteiger charge is 2.01. The minimum atomic E-state index is -1.08. The SMILES string of the molecule is C=CC[SiH](C=C)OCCC. The summed E-state index contributed by atoms with van der Waals surface area (Å²) in [5.74, 6) is 0. The van der Waals surface area contributed by atoms with Crippen molar-refractivity contribution in [3.63, 3.8) is 0 Å². The fraction of sp³-hybridized carbons (Fsp3) is 0.500. The van der Waals surface area contributed by atoms with Crippen LogP contribution in [0.4, 0.5) is 0 Å². The molecule has 0 aliphatic rings. The molecule has 0 fully saturated rings. The van der Waals surface area contributed by atoms with E-state index in [1.807, 2.05) is 11.8 Å². The highest BCUT2D eigenvalue weighted by molar-refractivity contribution is 6.58. The molecule has 1 unspecified atom stereocenters. The second-order valence-electron chi connectivity index (χ2n) is 2.17. The van der Waals surface area contributed by atoms with Crippen molar-refractivity contribution < 1.29 is 4.43 Å². The van der Waals surface area contributed by atoms with E-state index in [1.54, 1.807) is 0 Å². The Morgan fingerprint density at radius 1 is 1.50 bits per heavy atom. The molecule has 0 aliphatic carbocycles. The standard InChI is InChI=1S/C8H16OSi/c1-4-7-9-10(6-3)8-5-2/h5-6,10H,2-4,7-8H2,1H3. The second-order valence-corrected chi connectivity index (χ2v) is 4.52. The molecule has 58 valence electrons. The lowest BCUT2D eigenvalue weighted by Gasteiger charge is -2.07. The van der Waals surface area contributed by atoms with Gasteiger partial charge in [-0.2, -0.15) is 0 Å². The van der Waals surface area contributed by atoms with E-state index in [2.05, 4.69) is 20.1 Å². The van der Waals surface area contributed by atoms with Gasteiger partial charge < -0.3 is 4.43 Å². The van der Waals surface area contributed by atoms with Gasteiger partial charge in [-0.15, -0.1) is 13.2 Å². The molecule has 0 radical (unpaired) electrons. The summed E-state index contributed by atoms with van der Waals surface area (Å²) in [4.78, 5) is 0. The summed E-state index contributed by atoms with van der Waals surface area (Å²) in [7, 11) is -1.08. The van der Waals surface area contributed by atoms with Crippen LogP contribution in [0.3, 0.4) is 0 Å². The Morgan fingerprint density at radius 3 is 2.60 bits per heavy atom. The molecule has 0 N–H and O–H groups in total. The first kappa shape index (κ1) is 9.66. The van der Waals surface area contributed by atoms with Gasteiger partial charge in [0, 0.05) is 6.61 Å². The Bertz CT molecular complexity index is 101. The van der Waals surface area contributed by atoms with Gasteiger partial charge in [-0.3, -0.25) is 0 Å². The molecule has 0 aromatic rings. The first-order valence-corrected chi connectivity index (χ1v) is 5.65. The van der Waals surface area contributed by atoms with Crippen LogP contribution in [0.15, 0.2) is 24.9 Å². The van der Waals surface area contributed by atoms with Gasteiger partial charge in [0.05, 0.1) is 0 Å². The number of rotatable bonds is 6. The Labute approximate surface area is 65.1 Å². The summed E-state index contributed by atoms with van der Waals surface area (Å²) in [6.45, 7) is 10.4. The van der Waals surface area contributed by atoms with E-state index in [9.17, 15) is 0 Å². The van der Waals surface area contributed by atoms with Gasteiger partial charge in [0.2, 0.25) is 9.04 Å². The Balaban J connectivity index is 3.38. The zero-order chi connectivity index (χ0) is 7.82. The number of hydrogen-bond acceptors (Lipinski definition) is 1. The van der Waals surface area contributed by atoms with Crippen molar-refractivity contribution in [2.45, 2.75) is 19.4 Å². The minimum absolute atomic E-state index is 0.872. The maximum atomic E-state index is 5.53. The summed E-state index contributed by atoms with van der Waals surface area (Å²) in [6.07, 6.45) is 3.00. The molecule has 1 atom stereocenters. The lowest BCUT2D eigenvalue weighted by Crippen LogP contribution is -2.14. The van der Waals surface area contributed by atoms with Gasteiger partial charge >= 0.3 is 0 Å². The van der Waals surface area contributed by atoms with E-state index >= 15 is 0 Å². The molecule has 0 aromatic carbocycles. The highest BCUT2D eigenvalue weighted by Crippen LogP contribution is 1.97. The monoisotopic (exact) mass is 156 g/mol. The van der Waals surface area contributed by atoms with E-state index in [0.29, 0.717) is 0 Å². The van der Waals surface area contributed by atoms with Gasteiger partial charge in [-0.1, -0.05) is 18.7 Å². The zero-order valence-corrected chi connectivity index (χ0v) is 7.83. The highest BCUT2D eigenvalue weighted by atomic mass is 28.3. The molecule has 2 heteroatoms. The summed E-state index contributed by atoms with van der Waals surface area (Å²) in [5, 5.41) is 0. The van der Waals surface area contributed by atoms with E-state index in [0.717, 1.165) is 19.1 Å². The average molecular weight is 156 g/mol. The van der Waals surface area contributed by atoms with Crippen molar-refractivity contribution in [3.05, 3.63) is 24.9 Å². The number of hydrogen-bond donors (Lipinski definition) is 0. The van der Waals surface area contributed by atoms with Gasteiger partial charge in [0.25, 0.3) is 0 Å². The summed E-state index contributed by atoms with van der Waals surface area (Å²) in [6, 6.07) is 1.00. The summed E-state index contributed by atoms with van der Waals surface area (Å²) in [5.41, 5.74) is 1.96. The van der Waals surface area contributed by atoms with Gasteiger partial charge in [-0.05, 0) is 12.5 Å². The van der Waals surface area contributed by atoms with Crippen molar-refractivity contribution in [2.24, 2.45) is 0 Å². The predicted molar refractivity (Wildman–Crippen MR) is 48.6 cm³/mol. The van der Waals surface area contributed by atoms with E-state index in [-0.39, 0.29) is 0 Å². The molecular weight excluding hydrogens is 140 g/mol. The normalized spacial score (nSPS) is 12.5. The molecule has 0 spiro atoms. The predicted octanol–water partition coefficient (Wildman–Crippen LogP) is 2.05. The second kappa shape index (κ2) is 6.77. The van der Waals surface area contributed by atoms with E-state index < -0.39 is 9.04 Å². The number of allylic oxidation sites excluding steroid dienone is 1. The molecule has 0 saturated carbocycles. The van der Waals surface area contributed by atoms with Crippen LogP contribution in [0.25, 0.3) is 0 Å². The fourth-order valence-electron chi connectivity index (χ4n) is 0.666. The van der Waals surface area contributed by atoms with Crippen LogP contribution >= 0.6 is 0 Å². The van der Waals surface area contributed by atoms with Gasteiger partial charge in [0.1, 0.15) is 0 Å². The molecule has 10 heavy (non-hydrogen) atoms. The third-order valence-electron chi connectivity index (χ3n) is 1.20. The van der Waals surface area contributed by atoms with Gasteiger partial charge in [-0.25, -0.2) is 0 Å². The molecule has 0 aromatic heterocycles. The van der Waals surface area contributed by atoms with Crippen molar-refractivity contribution in [1.29, 1.82) is 0 Å². The first-order valence-electron chi connectivity index (χ1n) is 3.70. The smallest absolute Gasteiger partial charge is 0.204 e. The topological polar surface area (TPSA) is 9.23 Å². The van der Waals surface area contributed by atoms with Crippen molar-refractivity contribution in [2.75, 3.05) is 6.61 Å². The maximum absolute atomic E-state index is 5.53. The quantitative estimate of drug-likeness (QED) is 0.422. The molecule has 0 rings (SSSR count). The van der Waals surface area contributed by atoms with Crippen molar-refractivity contribution in [3.8, 4) is 0 Å². The van der Waals surface area contributed by atoms with Crippen LogP contribution in [0.5, 0.6) is 0 Å². The largest absolute Gasteiger partial charge is 0.416 e. The summed E-state index contributed by atoms with van der Waals surface area (Å²) < 4.78 is 5.53. The van der Waals surface area contributed by atoms with Crippen LogP contribution in [0, 0.1) is 0 Å². The van der Waals surface area contributed by atoms with E-state index in [1.165, 1.54) is 0 Å². The zero-order valence-electron chi connectivity index (χ0n) is 6.68. The summed E-state index contributed by atoms with van der Waals surface area (Å²) >= 11 is 0. The Kier molecular flexibility index (Phi) is 6.54. The van der Waals surface area contributed by atoms with Crippen LogP contribution in [0.2, 0.25) is 6.04 Å². The molecule has 1 nitrogen and oxygen atoms in total. The van der Waals surface area contributed by atoms with Crippen LogP contribution in [0.1, 0.15) is 13.3 Å². The van der Waals surface area contributed by atoms with Gasteiger partial charge in [0.15, 0.2) is 0 Å². The average Bonchev–Trinajstić information content (AvgIpc) is 1.98. The minimum Gasteiger partial charge on any atom is -0.416 e. The fourth-order valence-corrected chi connectivity index (χ4v) is 2.00. The Morgan fingerprint density at radius 2 is 2.20 bits per heavy atom. The lowest BCUT2D eigenvalue weighted by atomic mass is 10.5. The molecule has 0 amide bonds. The first-order chi connectivity index (χ1) is 4.85. The van der Waals surface area contributed by atoms with Crippen LogP contribution < -0.4 is 0 Å². The van der Waals surface area contributed by atoms with Crippen molar-refractivity contribution in [1.82, 2.24) is 0 Å². The molecule has 0 bridgehead atoms. The third-order valence-corrected chi connectivity index (χ3v) is 3.19. The molecule has 0 saturated heterocycles. The molecular formula is C8H16OSi. The Hall–Kier alpha value is -0.343. The maximum Gasteiger partial charge on any atom is 0.204 e. The van der Waals surface area contributed by atoms with E-state index in [4.69, 9.17) is 4.43 Å². The molecule has 0 heterocycles. The third kappa shape index (κ3) is 4.53. The lowest BCUT2D eigenvalue weighted by molar-refractivity contribution is 0.326. The molecule has 0 aliphatic heterocycles. The van der Waals surface area contributed by atoms with Crippen LogP contribution in [-0.4, -0.2) is 15.6 Å². The van der Waals surface area contributed by atoms with Crippen molar-refractivity contribution >= 4 is 9.04 Å². The van der Waals surface area contributed by atoms with Crippen LogP contribution in [-0.2, 0) is 4.43 Å².